The Hall–Kier alpha value is -1.76. The predicted molar refractivity (Wildman–Crippen MR) is 71.5 cm³/mol. The summed E-state index contributed by atoms with van der Waals surface area (Å²) in [5.74, 6) is -1.66. The normalized spacial score (nSPS) is 18.1. The zero-order valence-corrected chi connectivity index (χ0v) is 11.7. The first kappa shape index (κ1) is 14.6. The zero-order chi connectivity index (χ0) is 15.0. The number of hydrogen-bond acceptors (Lipinski definition) is 4. The van der Waals surface area contributed by atoms with Crippen molar-refractivity contribution in [1.82, 2.24) is 0 Å². The van der Waals surface area contributed by atoms with Gasteiger partial charge in [-0.3, -0.25) is 0 Å². The average Bonchev–Trinajstić information content (AvgIpc) is 2.70. The Kier molecular flexibility index (Phi) is 3.64. The fourth-order valence-corrected chi connectivity index (χ4v) is 2.82. The second-order valence-electron chi connectivity index (χ2n) is 5.00. The Morgan fingerprint density at radius 2 is 1.90 bits per heavy atom. The number of benzene rings is 1. The number of nitrogens with zero attached hydrogens (tertiary/aromatic N) is 1. The summed E-state index contributed by atoms with van der Waals surface area (Å²) >= 11 is 0. The predicted octanol–water partition coefficient (Wildman–Crippen LogP) is 2.86. The lowest BCUT2D eigenvalue weighted by Gasteiger charge is -2.12. The first-order valence-corrected chi connectivity index (χ1v) is 7.38. The Labute approximate surface area is 115 Å². The van der Waals surface area contributed by atoms with E-state index >= 15 is 0 Å². The molecule has 0 atom stereocenters. The molecule has 1 aromatic carbocycles. The Morgan fingerprint density at radius 1 is 1.30 bits per heavy atom. The van der Waals surface area contributed by atoms with Gasteiger partial charge in [0.25, 0.3) is 0 Å². The van der Waals surface area contributed by atoms with Crippen LogP contribution < -0.4 is 0 Å². The zero-order valence-electron chi connectivity index (χ0n) is 10.9. The van der Waals surface area contributed by atoms with E-state index in [1.807, 2.05) is 0 Å². The van der Waals surface area contributed by atoms with E-state index in [9.17, 15) is 17.2 Å². The van der Waals surface area contributed by atoms with Crippen LogP contribution in [0.5, 0.6) is 0 Å². The summed E-state index contributed by atoms with van der Waals surface area (Å²) in [5, 5.41) is 4.08. The van der Waals surface area contributed by atoms with Crippen LogP contribution in [0.4, 0.5) is 8.78 Å². The molecule has 1 aliphatic rings. The van der Waals surface area contributed by atoms with Crippen LogP contribution in [-0.4, -0.2) is 19.1 Å². The molecule has 0 amide bonds. The minimum Gasteiger partial charge on any atom is -0.389 e. The number of rotatable bonds is 2. The Morgan fingerprint density at radius 3 is 2.40 bits per heavy atom. The van der Waals surface area contributed by atoms with Crippen LogP contribution in [0.25, 0.3) is 6.08 Å². The van der Waals surface area contributed by atoms with E-state index in [4.69, 9.17) is 4.84 Å². The van der Waals surface area contributed by atoms with E-state index in [2.05, 4.69) is 5.16 Å². The summed E-state index contributed by atoms with van der Waals surface area (Å²) in [7, 11) is -3.85. The van der Waals surface area contributed by atoms with Gasteiger partial charge in [0.1, 0.15) is 17.2 Å². The molecule has 1 aromatic rings. The smallest absolute Gasteiger partial charge is 0.216 e. The summed E-state index contributed by atoms with van der Waals surface area (Å²) in [6.45, 7) is 3.39. The van der Waals surface area contributed by atoms with Gasteiger partial charge in [0.05, 0.1) is 0 Å². The highest BCUT2D eigenvalue weighted by Gasteiger charge is 2.34. The summed E-state index contributed by atoms with van der Waals surface area (Å²) in [6.07, 6.45) is 0.993. The summed E-state index contributed by atoms with van der Waals surface area (Å²) in [6, 6.07) is 3.30. The van der Waals surface area contributed by atoms with E-state index in [-0.39, 0.29) is 11.5 Å². The van der Waals surface area contributed by atoms with Crippen LogP contribution in [0.15, 0.2) is 28.8 Å². The van der Waals surface area contributed by atoms with Gasteiger partial charge in [-0.05, 0) is 32.1 Å². The molecule has 0 saturated carbocycles. The molecule has 0 unspecified atom stereocenters. The van der Waals surface area contributed by atoms with Gasteiger partial charge in [-0.1, -0.05) is 11.2 Å². The van der Waals surface area contributed by atoms with Crippen LogP contribution in [0.3, 0.4) is 0 Å². The van der Waals surface area contributed by atoms with Gasteiger partial charge in [0.15, 0.2) is 5.04 Å². The monoisotopic (exact) mass is 301 g/mol. The minimum atomic E-state index is -3.85. The molecule has 4 nitrogen and oxygen atoms in total. The van der Waals surface area contributed by atoms with Crippen molar-refractivity contribution in [2.24, 2.45) is 5.16 Å². The number of sulfone groups is 1. The van der Waals surface area contributed by atoms with Crippen molar-refractivity contribution in [3.8, 4) is 0 Å². The quantitative estimate of drug-likeness (QED) is 0.844. The molecular weight excluding hydrogens is 288 g/mol. The first-order chi connectivity index (χ1) is 9.21. The van der Waals surface area contributed by atoms with Crippen molar-refractivity contribution in [2.75, 3.05) is 0 Å². The average molecular weight is 301 g/mol. The molecule has 20 heavy (non-hydrogen) atoms. The number of halogens is 2. The number of hydrogen-bond donors (Lipinski definition) is 0. The Bertz CT molecular complexity index is 673. The third-order valence-corrected chi connectivity index (χ3v) is 4.08. The van der Waals surface area contributed by atoms with E-state index < -0.39 is 32.6 Å². The molecule has 0 aromatic heterocycles. The fourth-order valence-electron chi connectivity index (χ4n) is 1.66. The maximum absolute atomic E-state index is 13.4. The Balaban J connectivity index is 2.28. The SMILES string of the molecule is CC1(C)CC(S(=O)(=O)C=Cc2c(F)cccc2F)=NO1. The van der Waals surface area contributed by atoms with Crippen molar-refractivity contribution in [3.63, 3.8) is 0 Å². The standard InChI is InChI=1S/C13H13F2NO3S/c1-13(2)8-12(16-19-13)20(17,18)7-6-9-10(14)4-3-5-11(9)15/h3-7H,8H2,1-2H3. The van der Waals surface area contributed by atoms with Crippen LogP contribution in [0, 0.1) is 11.6 Å². The highest BCUT2D eigenvalue weighted by molar-refractivity contribution is 8.09. The molecule has 0 aliphatic carbocycles. The van der Waals surface area contributed by atoms with E-state index in [1.54, 1.807) is 13.8 Å². The van der Waals surface area contributed by atoms with Gasteiger partial charge in [-0.25, -0.2) is 17.2 Å². The third-order valence-electron chi connectivity index (χ3n) is 2.71. The minimum absolute atomic E-state index is 0.111. The lowest BCUT2D eigenvalue weighted by Crippen LogP contribution is -2.21. The summed E-state index contributed by atoms with van der Waals surface area (Å²) < 4.78 is 50.7. The molecule has 1 heterocycles. The molecule has 0 bridgehead atoms. The molecule has 108 valence electrons. The van der Waals surface area contributed by atoms with Crippen LogP contribution in [0.1, 0.15) is 25.8 Å². The van der Waals surface area contributed by atoms with E-state index in [0.29, 0.717) is 0 Å². The highest BCUT2D eigenvalue weighted by atomic mass is 32.2. The molecule has 0 radical (unpaired) electrons. The molecular formula is C13H13F2NO3S. The third kappa shape index (κ3) is 3.04. The van der Waals surface area contributed by atoms with Crippen LogP contribution in [0.2, 0.25) is 0 Å². The van der Waals surface area contributed by atoms with Crippen LogP contribution in [-0.2, 0) is 14.7 Å². The second-order valence-corrected chi connectivity index (χ2v) is 6.83. The van der Waals surface area contributed by atoms with Gasteiger partial charge >= 0.3 is 0 Å². The van der Waals surface area contributed by atoms with Crippen molar-refractivity contribution < 1.29 is 22.0 Å². The van der Waals surface area contributed by atoms with Gasteiger partial charge in [-0.15, -0.1) is 0 Å². The van der Waals surface area contributed by atoms with Crippen LogP contribution >= 0.6 is 0 Å². The highest BCUT2D eigenvalue weighted by Crippen LogP contribution is 2.25. The van der Waals surface area contributed by atoms with Crippen molar-refractivity contribution in [2.45, 2.75) is 25.9 Å². The van der Waals surface area contributed by atoms with Crippen molar-refractivity contribution >= 4 is 21.0 Å². The molecule has 0 spiro atoms. The molecule has 1 aliphatic heterocycles. The van der Waals surface area contributed by atoms with Crippen molar-refractivity contribution in [3.05, 3.63) is 40.8 Å². The molecule has 7 heteroatoms. The fraction of sp³-hybridized carbons (Fsp3) is 0.308. The maximum atomic E-state index is 13.4. The summed E-state index contributed by atoms with van der Waals surface area (Å²) in [4.78, 5) is 4.97. The lowest BCUT2D eigenvalue weighted by atomic mass is 10.1. The molecule has 0 N–H and O–H groups in total. The maximum Gasteiger partial charge on any atom is 0.216 e. The molecule has 0 saturated heterocycles. The van der Waals surface area contributed by atoms with Gasteiger partial charge in [0, 0.05) is 17.4 Å². The van der Waals surface area contributed by atoms with E-state index in [1.165, 1.54) is 6.07 Å². The topological polar surface area (TPSA) is 55.7 Å². The second kappa shape index (κ2) is 4.97. The molecule has 0 fully saturated rings. The number of oxime groups is 1. The van der Waals surface area contributed by atoms with E-state index in [0.717, 1.165) is 23.6 Å². The first-order valence-electron chi connectivity index (χ1n) is 5.83. The van der Waals surface area contributed by atoms with Gasteiger partial charge in [0.2, 0.25) is 9.84 Å². The lowest BCUT2D eigenvalue weighted by molar-refractivity contribution is 0.0123. The summed E-state index contributed by atoms with van der Waals surface area (Å²) in [5.41, 5.74) is -1.10. The molecule has 2 rings (SSSR count). The van der Waals surface area contributed by atoms with Gasteiger partial charge in [-0.2, -0.15) is 0 Å². The van der Waals surface area contributed by atoms with Gasteiger partial charge < -0.3 is 4.84 Å². The van der Waals surface area contributed by atoms with Crippen molar-refractivity contribution in [1.29, 1.82) is 0 Å². The largest absolute Gasteiger partial charge is 0.389 e.